The Morgan fingerprint density at radius 1 is 1.23 bits per heavy atom. The average molecular weight is 295 g/mol. The third-order valence-corrected chi connectivity index (χ3v) is 3.72. The topological polar surface area (TPSA) is 66.1 Å². The maximum absolute atomic E-state index is 12.5. The number of pyridine rings is 2. The molecule has 1 N–H and O–H groups in total. The van der Waals surface area contributed by atoms with Crippen molar-refractivity contribution >= 4 is 27.6 Å². The highest BCUT2D eigenvalue weighted by molar-refractivity contribution is 6.08. The van der Waals surface area contributed by atoms with Gasteiger partial charge in [0.05, 0.1) is 16.4 Å². The first-order chi connectivity index (χ1) is 10.6. The number of H-pyrrole nitrogens is 1. The Morgan fingerprint density at radius 2 is 2.05 bits per heavy atom. The van der Waals surface area contributed by atoms with E-state index in [2.05, 4.69) is 9.97 Å². The Balaban J connectivity index is 2.20. The predicted octanol–water partition coefficient (Wildman–Crippen LogP) is 2.21. The first-order valence-corrected chi connectivity index (χ1v) is 7.14. The minimum Gasteiger partial charge on any atom is -0.354 e. The number of Topliss-reactive ketones (excluding diaryl/α,β-unsaturated/α-hetero) is 1. The lowest BCUT2D eigenvalue weighted by Crippen LogP contribution is -2.17. The van der Waals surface area contributed by atoms with Crippen molar-refractivity contribution in [1.82, 2.24) is 14.9 Å². The second-order valence-corrected chi connectivity index (χ2v) is 5.58. The van der Waals surface area contributed by atoms with Crippen LogP contribution in [0.5, 0.6) is 0 Å². The number of hydrogen-bond acceptors (Lipinski definition) is 4. The van der Waals surface area contributed by atoms with Gasteiger partial charge in [-0.05, 0) is 32.3 Å². The summed E-state index contributed by atoms with van der Waals surface area (Å²) in [5.41, 5.74) is 1.77. The molecular weight excluding hydrogens is 278 g/mol. The number of ketones is 1. The summed E-state index contributed by atoms with van der Waals surface area (Å²) in [6.45, 7) is 0.678. The quantitative estimate of drug-likeness (QED) is 0.592. The van der Waals surface area contributed by atoms with Crippen LogP contribution in [-0.2, 0) is 0 Å². The van der Waals surface area contributed by atoms with E-state index in [1.807, 2.05) is 19.0 Å². The highest BCUT2D eigenvalue weighted by atomic mass is 16.1. The summed E-state index contributed by atoms with van der Waals surface area (Å²) in [6, 6.07) is 7.01. The molecule has 0 aliphatic rings. The number of aromatic nitrogens is 2. The van der Waals surface area contributed by atoms with Crippen molar-refractivity contribution in [2.45, 2.75) is 6.42 Å². The van der Waals surface area contributed by atoms with Crippen molar-refractivity contribution in [3.63, 3.8) is 0 Å². The number of nitrogens with one attached hydrogen (secondary N) is 1. The lowest BCUT2D eigenvalue weighted by atomic mass is 10.0. The molecule has 0 radical (unpaired) electrons. The van der Waals surface area contributed by atoms with Gasteiger partial charge in [-0.3, -0.25) is 14.6 Å². The van der Waals surface area contributed by atoms with E-state index in [0.29, 0.717) is 40.3 Å². The summed E-state index contributed by atoms with van der Waals surface area (Å²) in [5, 5.41) is 1.06. The maximum Gasteiger partial charge on any atom is 0.198 e. The fourth-order valence-corrected chi connectivity index (χ4v) is 2.53. The molecule has 0 spiro atoms. The SMILES string of the molecule is CN(C)CCC(=O)c1cccc2c(=O)c3cnccc3[nH]c12. The van der Waals surface area contributed by atoms with Gasteiger partial charge in [-0.25, -0.2) is 0 Å². The highest BCUT2D eigenvalue weighted by Gasteiger charge is 2.14. The van der Waals surface area contributed by atoms with Gasteiger partial charge in [0.15, 0.2) is 11.2 Å². The van der Waals surface area contributed by atoms with Gasteiger partial charge >= 0.3 is 0 Å². The maximum atomic E-state index is 12.5. The van der Waals surface area contributed by atoms with Crippen LogP contribution in [0.4, 0.5) is 0 Å². The number of carbonyl (C=O) groups excluding carboxylic acids is 1. The van der Waals surface area contributed by atoms with Gasteiger partial charge in [0.1, 0.15) is 0 Å². The van der Waals surface area contributed by atoms with Crippen LogP contribution in [0.2, 0.25) is 0 Å². The minimum absolute atomic E-state index is 0.0309. The average Bonchev–Trinajstić information content (AvgIpc) is 2.52. The molecule has 0 saturated carbocycles. The molecule has 0 saturated heterocycles. The zero-order valence-electron chi connectivity index (χ0n) is 12.6. The molecule has 0 aliphatic heterocycles. The molecule has 0 fully saturated rings. The van der Waals surface area contributed by atoms with E-state index in [4.69, 9.17) is 0 Å². The van der Waals surface area contributed by atoms with E-state index in [1.54, 1.807) is 36.7 Å². The lowest BCUT2D eigenvalue weighted by Gasteiger charge is -2.10. The molecule has 22 heavy (non-hydrogen) atoms. The zero-order chi connectivity index (χ0) is 15.7. The smallest absolute Gasteiger partial charge is 0.198 e. The normalized spacial score (nSPS) is 11.4. The Bertz CT molecular complexity index is 913. The molecular formula is C17H17N3O2. The van der Waals surface area contributed by atoms with Crippen LogP contribution in [-0.4, -0.2) is 41.3 Å². The van der Waals surface area contributed by atoms with E-state index >= 15 is 0 Å². The number of fused-ring (bicyclic) bond motifs is 2. The van der Waals surface area contributed by atoms with E-state index in [1.165, 1.54) is 0 Å². The molecule has 0 aliphatic carbocycles. The predicted molar refractivity (Wildman–Crippen MR) is 87.4 cm³/mol. The van der Waals surface area contributed by atoms with Crippen molar-refractivity contribution in [2.24, 2.45) is 0 Å². The van der Waals surface area contributed by atoms with E-state index in [-0.39, 0.29) is 11.2 Å². The lowest BCUT2D eigenvalue weighted by molar-refractivity contribution is 0.0974. The molecule has 0 unspecified atom stereocenters. The van der Waals surface area contributed by atoms with Crippen molar-refractivity contribution in [3.05, 3.63) is 52.4 Å². The highest BCUT2D eigenvalue weighted by Crippen LogP contribution is 2.19. The second-order valence-electron chi connectivity index (χ2n) is 5.58. The third-order valence-electron chi connectivity index (χ3n) is 3.72. The van der Waals surface area contributed by atoms with Gasteiger partial charge in [-0.2, -0.15) is 0 Å². The number of aromatic amines is 1. The number of para-hydroxylation sites is 1. The largest absolute Gasteiger partial charge is 0.354 e. The van der Waals surface area contributed by atoms with Crippen LogP contribution < -0.4 is 5.43 Å². The number of rotatable bonds is 4. The van der Waals surface area contributed by atoms with Gasteiger partial charge in [0, 0.05) is 36.3 Å². The standard InChI is InChI=1S/C17H17N3O2/c1-20(2)9-7-15(21)11-4-3-5-12-16(11)19-14-6-8-18-10-13(14)17(12)22/h3-6,8,10H,7,9H2,1-2H3,(H,19,22). The van der Waals surface area contributed by atoms with Gasteiger partial charge in [0.25, 0.3) is 0 Å². The summed E-state index contributed by atoms with van der Waals surface area (Å²) in [6.07, 6.45) is 3.59. The Kier molecular flexibility index (Phi) is 3.73. The molecule has 112 valence electrons. The second kappa shape index (κ2) is 5.69. The molecule has 2 heterocycles. The van der Waals surface area contributed by atoms with Crippen LogP contribution in [0.25, 0.3) is 21.8 Å². The number of carbonyl (C=O) groups is 1. The number of benzene rings is 1. The molecule has 0 amide bonds. The Labute approximate surface area is 127 Å². The van der Waals surface area contributed by atoms with Crippen molar-refractivity contribution in [2.75, 3.05) is 20.6 Å². The van der Waals surface area contributed by atoms with Crippen LogP contribution in [0.15, 0.2) is 41.5 Å². The number of nitrogens with zero attached hydrogens (tertiary/aromatic N) is 2. The van der Waals surface area contributed by atoms with Crippen LogP contribution in [0, 0.1) is 0 Å². The van der Waals surface area contributed by atoms with E-state index in [9.17, 15) is 9.59 Å². The fraction of sp³-hybridized carbons (Fsp3) is 0.235. The zero-order valence-corrected chi connectivity index (χ0v) is 12.6. The third kappa shape index (κ3) is 2.51. The summed E-state index contributed by atoms with van der Waals surface area (Å²) in [5.74, 6) is 0.0309. The van der Waals surface area contributed by atoms with E-state index < -0.39 is 0 Å². The molecule has 5 nitrogen and oxygen atoms in total. The summed E-state index contributed by atoms with van der Waals surface area (Å²) in [4.78, 5) is 34.2. The molecule has 5 heteroatoms. The summed E-state index contributed by atoms with van der Waals surface area (Å²) in [7, 11) is 3.86. The summed E-state index contributed by atoms with van der Waals surface area (Å²) >= 11 is 0. The first-order valence-electron chi connectivity index (χ1n) is 7.14. The molecule has 2 aromatic heterocycles. The van der Waals surface area contributed by atoms with Crippen LogP contribution >= 0.6 is 0 Å². The molecule has 1 aromatic carbocycles. The first kappa shape index (κ1) is 14.4. The molecule has 0 atom stereocenters. The number of hydrogen-bond donors (Lipinski definition) is 1. The Hall–Kier alpha value is -2.53. The fourth-order valence-electron chi connectivity index (χ4n) is 2.53. The van der Waals surface area contributed by atoms with Gasteiger partial charge in [-0.15, -0.1) is 0 Å². The minimum atomic E-state index is -0.0980. The molecule has 3 rings (SSSR count). The molecule has 0 bridgehead atoms. The van der Waals surface area contributed by atoms with Crippen molar-refractivity contribution in [1.29, 1.82) is 0 Å². The van der Waals surface area contributed by atoms with Crippen LogP contribution in [0.3, 0.4) is 0 Å². The van der Waals surface area contributed by atoms with Crippen molar-refractivity contribution in [3.8, 4) is 0 Å². The van der Waals surface area contributed by atoms with Gasteiger partial charge < -0.3 is 9.88 Å². The van der Waals surface area contributed by atoms with E-state index in [0.717, 1.165) is 0 Å². The van der Waals surface area contributed by atoms with Crippen molar-refractivity contribution < 1.29 is 4.79 Å². The summed E-state index contributed by atoms with van der Waals surface area (Å²) < 4.78 is 0. The van der Waals surface area contributed by atoms with Crippen LogP contribution in [0.1, 0.15) is 16.8 Å². The Morgan fingerprint density at radius 3 is 2.82 bits per heavy atom. The monoisotopic (exact) mass is 295 g/mol. The van der Waals surface area contributed by atoms with Gasteiger partial charge in [-0.1, -0.05) is 6.07 Å². The van der Waals surface area contributed by atoms with Gasteiger partial charge in [0.2, 0.25) is 0 Å². The molecule has 3 aromatic rings.